The van der Waals surface area contributed by atoms with Gasteiger partial charge < -0.3 is 9.47 Å². The number of rotatable bonds is 22. The van der Waals surface area contributed by atoms with Crippen molar-refractivity contribution in [3.05, 3.63) is 142 Å². The van der Waals surface area contributed by atoms with Gasteiger partial charge in [0.15, 0.2) is 0 Å². The van der Waals surface area contributed by atoms with E-state index in [1.807, 2.05) is 72.8 Å². The van der Waals surface area contributed by atoms with E-state index in [1.165, 1.54) is 49.8 Å². The molecule has 12 heteroatoms. The molecule has 0 radical (unpaired) electrons. The second kappa shape index (κ2) is 22.7. The molecule has 4 aliphatic heterocycles. The maximum Gasteiger partial charge on any atom is 0.346 e. The van der Waals surface area contributed by atoms with Crippen LogP contribution in [0.25, 0.3) is 86.2 Å². The molecule has 0 N–H and O–H groups in total. The second-order valence-electron chi connectivity index (χ2n) is 23.9. The van der Waals surface area contributed by atoms with Gasteiger partial charge in [-0.1, -0.05) is 178 Å². The lowest BCUT2D eigenvalue weighted by atomic mass is 9.82. The van der Waals surface area contributed by atoms with E-state index >= 15 is 0 Å². The standard InChI is InChI=1S/C37H35NO5.C36H33NO5/c1-3-5-7-9-11-21(12-10-8-6-4-2)38-34(39)26-17-13-22-24-15-19-28-33-29(37(42)43-36(28)41)20-16-25(31(24)33)23-14-18-27(35(38)40)32(26)30(22)23;1-2-3-4-5-6-7-8-9-10-11-20-37-33(38)25-16-12-21-23-14-18-27-32-28(36(41)42-35(27)40)19-15-24(30(23)32)22-13-17-26(34(37)39)31(25)29(21)22/h13-21H,3-12H2,1-2H3;12-19H,2-11,20H2,1H3. The maximum atomic E-state index is 14.2. The van der Waals surface area contributed by atoms with Crippen molar-refractivity contribution in [2.45, 2.75) is 155 Å². The number of hydrogen-bond donors (Lipinski definition) is 0. The molecule has 0 spiro atoms. The van der Waals surface area contributed by atoms with Gasteiger partial charge in [-0.25, -0.2) is 19.2 Å². The van der Waals surface area contributed by atoms with Crippen molar-refractivity contribution in [3.8, 4) is 0 Å². The molecule has 0 aromatic heterocycles. The third-order valence-electron chi connectivity index (χ3n) is 18.8. The number of carbonyl (C=O) groups excluding carboxylic acids is 8. The molecule has 14 rings (SSSR count). The number of carbonyl (C=O) groups is 8. The smallest absolute Gasteiger partial charge is 0.346 e. The number of benzene rings is 10. The molecule has 10 aromatic carbocycles. The van der Waals surface area contributed by atoms with Gasteiger partial charge in [0.05, 0.1) is 22.3 Å². The van der Waals surface area contributed by atoms with E-state index < -0.39 is 23.9 Å². The molecule has 0 atom stereocenters. The fraction of sp³-hybridized carbons (Fsp3) is 0.342. The number of imide groups is 2. The molecule has 4 amide bonds. The maximum absolute atomic E-state index is 14.2. The van der Waals surface area contributed by atoms with Gasteiger partial charge in [0.25, 0.3) is 23.6 Å². The van der Waals surface area contributed by atoms with E-state index in [0.717, 1.165) is 148 Å². The minimum absolute atomic E-state index is 0.113. The van der Waals surface area contributed by atoms with Crippen LogP contribution in [0.3, 0.4) is 0 Å². The largest absolute Gasteiger partial charge is 0.386 e. The SMILES string of the molecule is CCCCCCC(CCCCCC)N1C(=O)c2ccc3c4ccc5c6c(ccc(c7ccc(c2c37)C1=O)c64)C(=O)OC5=O.CCCCCCCCCCCCN1C(=O)c2ccc3c4ccc5c6c(ccc(c7ccc(c2c37)C1=O)c64)C(=O)OC5=O. The number of esters is 4. The van der Waals surface area contributed by atoms with E-state index in [-0.39, 0.29) is 29.7 Å². The Morgan fingerprint density at radius 2 is 0.529 bits per heavy atom. The summed E-state index contributed by atoms with van der Waals surface area (Å²) in [5, 5.41) is 13.0. The lowest BCUT2D eigenvalue weighted by molar-refractivity contribution is 0.0373. The molecule has 430 valence electrons. The molecule has 0 saturated heterocycles. The zero-order valence-electron chi connectivity index (χ0n) is 48.6. The number of fused-ring (bicyclic) bond motifs is 4. The van der Waals surface area contributed by atoms with Crippen LogP contribution < -0.4 is 0 Å². The van der Waals surface area contributed by atoms with Crippen molar-refractivity contribution < 1.29 is 47.8 Å². The topological polar surface area (TPSA) is 161 Å². The molecule has 0 fully saturated rings. The number of amides is 4. The summed E-state index contributed by atoms with van der Waals surface area (Å²) in [5.41, 5.74) is 3.70. The summed E-state index contributed by atoms with van der Waals surface area (Å²) in [7, 11) is 0. The third kappa shape index (κ3) is 9.08. The van der Waals surface area contributed by atoms with Crippen molar-refractivity contribution in [2.24, 2.45) is 0 Å². The Kier molecular flexibility index (Phi) is 14.9. The monoisotopic (exact) mass is 1130 g/mol. The first kappa shape index (κ1) is 55.5. The van der Waals surface area contributed by atoms with E-state index in [1.54, 1.807) is 29.2 Å². The van der Waals surface area contributed by atoms with Crippen LogP contribution in [0.2, 0.25) is 0 Å². The van der Waals surface area contributed by atoms with Crippen LogP contribution in [-0.4, -0.2) is 69.9 Å². The van der Waals surface area contributed by atoms with Gasteiger partial charge >= 0.3 is 23.9 Å². The number of cyclic esters (lactones) is 4. The molecule has 0 saturated carbocycles. The highest BCUT2D eigenvalue weighted by Crippen LogP contribution is 2.49. The lowest BCUT2D eigenvalue weighted by Crippen LogP contribution is -2.47. The Bertz CT molecular complexity index is 4230. The fourth-order valence-electron chi connectivity index (χ4n) is 14.6. The normalized spacial score (nSPS) is 14.8. The van der Waals surface area contributed by atoms with Crippen LogP contribution in [0.4, 0.5) is 0 Å². The van der Waals surface area contributed by atoms with Crippen molar-refractivity contribution in [2.75, 3.05) is 6.54 Å². The van der Waals surface area contributed by atoms with Crippen LogP contribution >= 0.6 is 0 Å². The van der Waals surface area contributed by atoms with Gasteiger partial charge in [-0.15, -0.1) is 0 Å². The summed E-state index contributed by atoms with van der Waals surface area (Å²) in [6.45, 7) is 7.04. The average molecular weight is 1130 g/mol. The fourth-order valence-corrected chi connectivity index (χ4v) is 14.6. The van der Waals surface area contributed by atoms with Crippen LogP contribution in [0.5, 0.6) is 0 Å². The molecule has 4 aliphatic rings. The molecule has 10 aromatic rings. The van der Waals surface area contributed by atoms with Crippen LogP contribution in [0.1, 0.15) is 232 Å². The third-order valence-corrected chi connectivity index (χ3v) is 18.8. The molecule has 0 unspecified atom stereocenters. The molecule has 0 bridgehead atoms. The predicted octanol–water partition coefficient (Wildman–Crippen LogP) is 17.5. The zero-order valence-corrected chi connectivity index (χ0v) is 48.6. The van der Waals surface area contributed by atoms with Gasteiger partial charge in [-0.3, -0.25) is 29.0 Å². The van der Waals surface area contributed by atoms with Crippen molar-refractivity contribution >= 4 is 134 Å². The van der Waals surface area contributed by atoms with Gasteiger partial charge in [-0.05, 0) is 132 Å². The summed E-state index contributed by atoms with van der Waals surface area (Å²) < 4.78 is 9.94. The molecular weight excluding hydrogens is 1060 g/mol. The number of ether oxygens (including phenoxy) is 2. The molecule has 0 aliphatic carbocycles. The van der Waals surface area contributed by atoms with Crippen molar-refractivity contribution in [1.29, 1.82) is 0 Å². The van der Waals surface area contributed by atoms with E-state index in [4.69, 9.17) is 9.47 Å². The number of nitrogens with zero attached hydrogens (tertiary/aromatic N) is 2. The molecule has 12 nitrogen and oxygen atoms in total. The van der Waals surface area contributed by atoms with Gasteiger partial charge in [0.1, 0.15) is 0 Å². The van der Waals surface area contributed by atoms with E-state index in [0.29, 0.717) is 72.6 Å². The quantitative estimate of drug-likeness (QED) is 0.0159. The summed E-state index contributed by atoms with van der Waals surface area (Å²) in [6.07, 6.45) is 22.4. The van der Waals surface area contributed by atoms with Crippen LogP contribution in [-0.2, 0) is 9.47 Å². The highest BCUT2D eigenvalue weighted by Gasteiger charge is 2.40. The summed E-state index contributed by atoms with van der Waals surface area (Å²) in [4.78, 5) is 109. The Hall–Kier alpha value is -8.64. The highest BCUT2D eigenvalue weighted by atomic mass is 16.6. The summed E-state index contributed by atoms with van der Waals surface area (Å²) in [6, 6.07) is 29.4. The minimum Gasteiger partial charge on any atom is -0.386 e. The summed E-state index contributed by atoms with van der Waals surface area (Å²) in [5.74, 6) is -3.48. The second-order valence-corrected chi connectivity index (χ2v) is 23.9. The number of unbranched alkanes of at least 4 members (excludes halogenated alkanes) is 15. The van der Waals surface area contributed by atoms with Crippen molar-refractivity contribution in [1.82, 2.24) is 9.80 Å². The Balaban J connectivity index is 0.000000158. The highest BCUT2D eigenvalue weighted by molar-refractivity contribution is 6.42. The zero-order chi connectivity index (χ0) is 58.8. The van der Waals surface area contributed by atoms with Gasteiger partial charge in [-0.2, -0.15) is 0 Å². The predicted molar refractivity (Wildman–Crippen MR) is 334 cm³/mol. The first-order valence-electron chi connectivity index (χ1n) is 31.1. The molecule has 85 heavy (non-hydrogen) atoms. The van der Waals surface area contributed by atoms with E-state index in [2.05, 4.69) is 20.8 Å². The Morgan fingerprint density at radius 3 is 0.835 bits per heavy atom. The van der Waals surface area contributed by atoms with E-state index in [9.17, 15) is 38.4 Å². The lowest BCUT2D eigenvalue weighted by Gasteiger charge is -2.35. The molecular formula is C73H68N2O10. The van der Waals surface area contributed by atoms with Gasteiger partial charge in [0.2, 0.25) is 0 Å². The first-order valence-corrected chi connectivity index (χ1v) is 31.1. The van der Waals surface area contributed by atoms with Crippen molar-refractivity contribution in [3.63, 3.8) is 0 Å². The van der Waals surface area contributed by atoms with Gasteiger partial charge in [0, 0.05) is 56.4 Å². The first-order chi connectivity index (χ1) is 41.5. The molecule has 4 heterocycles. The summed E-state index contributed by atoms with van der Waals surface area (Å²) >= 11 is 0. The number of hydrogen-bond acceptors (Lipinski definition) is 10. The average Bonchev–Trinajstić information content (AvgIpc) is 2.59. The minimum atomic E-state index is -0.647. The van der Waals surface area contributed by atoms with Crippen LogP contribution in [0, 0.1) is 0 Å². The van der Waals surface area contributed by atoms with Crippen LogP contribution in [0.15, 0.2) is 97.1 Å². The Morgan fingerprint density at radius 1 is 0.282 bits per heavy atom. The Labute approximate surface area is 492 Å².